The van der Waals surface area contributed by atoms with Gasteiger partial charge in [-0.2, -0.15) is 0 Å². The fraction of sp³-hybridized carbons (Fsp3) is 0.214. The second kappa shape index (κ2) is 6.26. The van der Waals surface area contributed by atoms with Crippen LogP contribution in [0.1, 0.15) is 25.8 Å². The summed E-state index contributed by atoms with van der Waals surface area (Å²) in [5.74, 6) is -0.576. The molecule has 1 rings (SSSR count). The molecule has 0 radical (unpaired) electrons. The van der Waals surface area contributed by atoms with Crippen LogP contribution in [0.25, 0.3) is 5.57 Å². The van der Waals surface area contributed by atoms with Crippen molar-refractivity contribution in [2.75, 3.05) is 5.32 Å². The Hall–Kier alpha value is -1.74. The van der Waals surface area contributed by atoms with Crippen LogP contribution in [0, 0.1) is 0 Å². The molecule has 0 aliphatic heterocycles. The van der Waals surface area contributed by atoms with Gasteiger partial charge in [0.2, 0.25) is 0 Å². The summed E-state index contributed by atoms with van der Waals surface area (Å²) >= 11 is 5.99. The molecule has 0 aliphatic rings. The maximum atomic E-state index is 11.0. The number of benzene rings is 1. The fourth-order valence-electron chi connectivity index (χ4n) is 1.59. The van der Waals surface area contributed by atoms with Gasteiger partial charge in [0.15, 0.2) is 0 Å². The van der Waals surface area contributed by atoms with E-state index >= 15 is 0 Å². The quantitative estimate of drug-likeness (QED) is 0.799. The highest BCUT2D eigenvalue weighted by Crippen LogP contribution is 2.28. The molecule has 3 N–H and O–H groups in total. The zero-order valence-corrected chi connectivity index (χ0v) is 11.3. The Morgan fingerprint density at radius 2 is 2.22 bits per heavy atom. The summed E-state index contributed by atoms with van der Waals surface area (Å²) in [6.07, 6.45) is 3.01. The first-order chi connectivity index (χ1) is 8.45. The van der Waals surface area contributed by atoms with Gasteiger partial charge in [-0.05, 0) is 37.1 Å². The molecule has 0 spiro atoms. The molecular formula is C14H17ClN2O. The average Bonchev–Trinajstić information content (AvgIpc) is 2.31. The molecule has 0 aromatic heterocycles. The lowest BCUT2D eigenvalue weighted by atomic mass is 10.0. The third-order valence-corrected chi connectivity index (χ3v) is 2.73. The van der Waals surface area contributed by atoms with Gasteiger partial charge in [-0.1, -0.05) is 31.2 Å². The minimum Gasteiger partial charge on any atom is -0.364 e. The highest BCUT2D eigenvalue weighted by atomic mass is 35.5. The summed E-state index contributed by atoms with van der Waals surface area (Å²) in [5.41, 5.74) is 8.10. The zero-order chi connectivity index (χ0) is 13.7. The van der Waals surface area contributed by atoms with E-state index in [1.165, 1.54) is 0 Å². The molecule has 3 nitrogen and oxygen atoms in total. The summed E-state index contributed by atoms with van der Waals surface area (Å²) < 4.78 is 0. The van der Waals surface area contributed by atoms with E-state index in [0.717, 1.165) is 23.2 Å². The summed E-state index contributed by atoms with van der Waals surface area (Å²) in [6, 6.07) is 5.40. The van der Waals surface area contributed by atoms with Crippen LogP contribution in [0.5, 0.6) is 0 Å². The van der Waals surface area contributed by atoms with Crippen LogP contribution in [-0.4, -0.2) is 5.91 Å². The Balaban J connectivity index is 3.15. The largest absolute Gasteiger partial charge is 0.364 e. The van der Waals surface area contributed by atoms with E-state index in [1.54, 1.807) is 12.1 Å². The number of carbonyl (C=O) groups is 1. The number of halogens is 1. The Morgan fingerprint density at radius 3 is 2.78 bits per heavy atom. The van der Waals surface area contributed by atoms with E-state index in [4.69, 9.17) is 17.3 Å². The van der Waals surface area contributed by atoms with Gasteiger partial charge in [-0.3, -0.25) is 4.79 Å². The number of amides is 1. The number of carbonyl (C=O) groups excluding carboxylic acids is 1. The molecule has 96 valence electrons. The summed E-state index contributed by atoms with van der Waals surface area (Å²) in [5, 5.41) is 3.55. The van der Waals surface area contributed by atoms with Crippen LogP contribution < -0.4 is 11.1 Å². The lowest BCUT2D eigenvalue weighted by Gasteiger charge is -2.13. The predicted octanol–water partition coefficient (Wildman–Crippen LogP) is 3.56. The first-order valence-electron chi connectivity index (χ1n) is 5.68. The van der Waals surface area contributed by atoms with E-state index in [1.807, 2.05) is 13.0 Å². The third kappa shape index (κ3) is 3.64. The number of anilines is 1. The van der Waals surface area contributed by atoms with Crippen molar-refractivity contribution >= 4 is 28.8 Å². The average molecular weight is 265 g/mol. The van der Waals surface area contributed by atoms with Crippen molar-refractivity contribution in [3.63, 3.8) is 0 Å². The smallest absolute Gasteiger partial charge is 0.264 e. The van der Waals surface area contributed by atoms with E-state index < -0.39 is 5.91 Å². The SMILES string of the molecule is C=C(Nc1ccc(Cl)cc1/C(C)=C/CC)C(N)=O. The van der Waals surface area contributed by atoms with Crippen molar-refractivity contribution in [3.8, 4) is 0 Å². The van der Waals surface area contributed by atoms with Crippen LogP contribution in [-0.2, 0) is 4.79 Å². The topological polar surface area (TPSA) is 55.1 Å². The van der Waals surface area contributed by atoms with Crippen LogP contribution in [0.2, 0.25) is 5.02 Å². The van der Waals surface area contributed by atoms with E-state index in [-0.39, 0.29) is 5.70 Å². The maximum Gasteiger partial charge on any atom is 0.264 e. The van der Waals surface area contributed by atoms with Crippen molar-refractivity contribution in [1.29, 1.82) is 0 Å². The summed E-state index contributed by atoms with van der Waals surface area (Å²) in [4.78, 5) is 11.0. The monoisotopic (exact) mass is 264 g/mol. The Bertz CT molecular complexity index is 507. The standard InChI is InChI=1S/C14H17ClN2O/c1-4-5-9(2)12-8-11(15)6-7-13(12)17-10(3)14(16)18/h5-8,17H,3-4H2,1-2H3,(H2,16,18)/b9-5+. The van der Waals surface area contributed by atoms with Crippen LogP contribution in [0.4, 0.5) is 5.69 Å². The first kappa shape index (κ1) is 14.3. The van der Waals surface area contributed by atoms with Gasteiger partial charge in [0.1, 0.15) is 0 Å². The van der Waals surface area contributed by atoms with Gasteiger partial charge < -0.3 is 11.1 Å². The normalized spacial score (nSPS) is 11.2. The summed E-state index contributed by atoms with van der Waals surface area (Å²) in [7, 11) is 0. The number of rotatable bonds is 5. The molecule has 1 amide bonds. The van der Waals surface area contributed by atoms with Gasteiger partial charge in [-0.25, -0.2) is 0 Å². The Morgan fingerprint density at radius 1 is 1.56 bits per heavy atom. The molecule has 18 heavy (non-hydrogen) atoms. The second-order valence-electron chi connectivity index (χ2n) is 3.95. The minimum atomic E-state index is -0.576. The molecule has 0 atom stereocenters. The van der Waals surface area contributed by atoms with Crippen molar-refractivity contribution in [3.05, 3.63) is 47.1 Å². The molecule has 4 heteroatoms. The van der Waals surface area contributed by atoms with Crippen molar-refractivity contribution in [1.82, 2.24) is 0 Å². The fourth-order valence-corrected chi connectivity index (χ4v) is 1.76. The zero-order valence-electron chi connectivity index (χ0n) is 10.6. The number of hydrogen-bond acceptors (Lipinski definition) is 2. The molecule has 0 bridgehead atoms. The molecule has 1 aromatic carbocycles. The van der Waals surface area contributed by atoms with Crippen LogP contribution >= 0.6 is 11.6 Å². The highest BCUT2D eigenvalue weighted by Gasteiger charge is 2.08. The number of nitrogens with two attached hydrogens (primary N) is 1. The van der Waals surface area contributed by atoms with Crippen LogP contribution in [0.15, 0.2) is 36.6 Å². The van der Waals surface area contributed by atoms with Gasteiger partial charge in [0.25, 0.3) is 5.91 Å². The molecule has 1 aromatic rings. The van der Waals surface area contributed by atoms with E-state index in [9.17, 15) is 4.79 Å². The first-order valence-corrected chi connectivity index (χ1v) is 6.06. The highest BCUT2D eigenvalue weighted by molar-refractivity contribution is 6.30. The van der Waals surface area contributed by atoms with Crippen molar-refractivity contribution in [2.24, 2.45) is 5.73 Å². The number of primary amides is 1. The number of hydrogen-bond donors (Lipinski definition) is 2. The van der Waals surface area contributed by atoms with E-state index in [0.29, 0.717) is 5.02 Å². The molecule has 0 saturated carbocycles. The predicted molar refractivity (Wildman–Crippen MR) is 77.4 cm³/mol. The Kier molecular flexibility index (Phi) is 4.98. The lowest BCUT2D eigenvalue weighted by Crippen LogP contribution is -2.19. The lowest BCUT2D eigenvalue weighted by molar-refractivity contribution is -0.114. The maximum absolute atomic E-state index is 11.0. The molecule has 0 fully saturated rings. The third-order valence-electron chi connectivity index (χ3n) is 2.50. The molecular weight excluding hydrogens is 248 g/mol. The van der Waals surface area contributed by atoms with Gasteiger partial charge >= 0.3 is 0 Å². The van der Waals surface area contributed by atoms with E-state index in [2.05, 4.69) is 24.9 Å². The number of nitrogens with one attached hydrogen (secondary N) is 1. The minimum absolute atomic E-state index is 0.155. The molecule has 0 unspecified atom stereocenters. The van der Waals surface area contributed by atoms with Gasteiger partial charge in [0, 0.05) is 16.3 Å². The van der Waals surface area contributed by atoms with Gasteiger partial charge in [-0.15, -0.1) is 0 Å². The van der Waals surface area contributed by atoms with Crippen molar-refractivity contribution < 1.29 is 4.79 Å². The van der Waals surface area contributed by atoms with Gasteiger partial charge in [0.05, 0.1) is 5.70 Å². The number of allylic oxidation sites excluding steroid dienone is 2. The molecule has 0 heterocycles. The van der Waals surface area contributed by atoms with Crippen molar-refractivity contribution in [2.45, 2.75) is 20.3 Å². The van der Waals surface area contributed by atoms with Crippen LogP contribution in [0.3, 0.4) is 0 Å². The summed E-state index contributed by atoms with van der Waals surface area (Å²) in [6.45, 7) is 7.63. The molecule has 0 saturated heterocycles. The Labute approximate surface area is 112 Å². The molecule has 0 aliphatic carbocycles. The second-order valence-corrected chi connectivity index (χ2v) is 4.39.